The molecule has 1 aromatic heterocycles. The van der Waals surface area contributed by atoms with Crippen molar-refractivity contribution in [2.24, 2.45) is 0 Å². The van der Waals surface area contributed by atoms with Crippen LogP contribution in [0.1, 0.15) is 0 Å². The molecule has 0 aliphatic carbocycles. The van der Waals surface area contributed by atoms with Gasteiger partial charge >= 0.3 is 0 Å². The number of thiophene rings is 1. The molecule has 0 N–H and O–H groups in total. The number of rotatable bonds is 5. The maximum absolute atomic E-state index is 6.93. The summed E-state index contributed by atoms with van der Waals surface area (Å²) in [6.45, 7) is 0.0438. The van der Waals surface area contributed by atoms with Crippen molar-refractivity contribution in [1.29, 1.82) is 0 Å². The summed E-state index contributed by atoms with van der Waals surface area (Å²) in [5.41, 5.74) is 12.8. The van der Waals surface area contributed by atoms with Crippen LogP contribution in [0, 0.1) is 0 Å². The predicted octanol–water partition coefficient (Wildman–Crippen LogP) is 11.6. The lowest BCUT2D eigenvalue weighted by Crippen LogP contribution is -2.59. The molecule has 0 fully saturated rings. The molecule has 5 heteroatoms. The van der Waals surface area contributed by atoms with Crippen molar-refractivity contribution in [3.63, 3.8) is 0 Å². The Hall–Kier alpha value is -6.56. The summed E-state index contributed by atoms with van der Waals surface area (Å²) in [6, 6.07) is 67.7. The minimum atomic E-state index is 0.0438. The Bertz CT molecular complexity index is 2830. The van der Waals surface area contributed by atoms with E-state index in [-0.39, 0.29) is 6.71 Å². The van der Waals surface area contributed by atoms with Gasteiger partial charge in [-0.15, -0.1) is 11.3 Å². The average Bonchev–Trinajstić information content (AvgIpc) is 3.60. The summed E-state index contributed by atoms with van der Waals surface area (Å²) in [5.74, 6) is 1.78. The Morgan fingerprint density at radius 2 is 1.11 bits per heavy atom. The molecule has 0 spiro atoms. The highest BCUT2D eigenvalue weighted by Crippen LogP contribution is 2.44. The van der Waals surface area contributed by atoms with Crippen molar-refractivity contribution < 1.29 is 4.74 Å². The number of para-hydroxylation sites is 2. The first kappa shape index (κ1) is 30.1. The van der Waals surface area contributed by atoms with Crippen LogP contribution in [0.2, 0.25) is 0 Å². The second-order valence-corrected chi connectivity index (χ2v) is 14.8. The fourth-order valence-electron chi connectivity index (χ4n) is 8.35. The third kappa shape index (κ3) is 4.82. The molecule has 0 bridgehead atoms. The zero-order valence-corrected chi connectivity index (χ0v) is 29.5. The highest BCUT2D eigenvalue weighted by molar-refractivity contribution is 7.25. The van der Waals surface area contributed by atoms with E-state index in [1.54, 1.807) is 0 Å². The van der Waals surface area contributed by atoms with Crippen molar-refractivity contribution in [1.82, 2.24) is 0 Å². The average molecular weight is 695 g/mol. The number of hydrogen-bond acceptors (Lipinski definition) is 4. The van der Waals surface area contributed by atoms with Crippen LogP contribution in [-0.4, -0.2) is 6.71 Å². The predicted molar refractivity (Wildman–Crippen MR) is 225 cm³/mol. The highest BCUT2D eigenvalue weighted by atomic mass is 32.1. The second kappa shape index (κ2) is 12.0. The number of benzene rings is 8. The quantitative estimate of drug-likeness (QED) is 0.167. The van der Waals surface area contributed by atoms with Crippen molar-refractivity contribution in [3.05, 3.63) is 188 Å². The van der Waals surface area contributed by atoms with Crippen molar-refractivity contribution in [2.75, 3.05) is 9.80 Å². The Labute approximate surface area is 312 Å². The lowest BCUT2D eigenvalue weighted by Gasteiger charge is -2.40. The molecule has 248 valence electrons. The number of nitrogens with zero attached hydrogens (tertiary/aromatic N) is 2. The number of fused-ring (bicyclic) bond motifs is 7. The SMILES string of the molecule is c1ccc(-c2ccc(N(c3ccc4c(c3)Oc3cccc5c3B4c3ccccc3N5c3ccccc3)c3ccc4sc5ccccc5c4c3)cc2)cc1. The Morgan fingerprint density at radius 1 is 0.453 bits per heavy atom. The first-order chi connectivity index (χ1) is 26.3. The lowest BCUT2D eigenvalue weighted by molar-refractivity contribution is 0.487. The molecule has 9 aromatic rings. The van der Waals surface area contributed by atoms with E-state index in [0.29, 0.717) is 0 Å². The van der Waals surface area contributed by atoms with E-state index in [4.69, 9.17) is 4.74 Å². The molecule has 0 radical (unpaired) electrons. The van der Waals surface area contributed by atoms with Gasteiger partial charge in [0.15, 0.2) is 0 Å². The molecule has 0 amide bonds. The number of ether oxygens (including phenoxy) is 1. The summed E-state index contributed by atoms with van der Waals surface area (Å²) < 4.78 is 9.52. The van der Waals surface area contributed by atoms with Gasteiger partial charge in [-0.2, -0.15) is 0 Å². The maximum atomic E-state index is 6.93. The molecular weight excluding hydrogens is 663 g/mol. The van der Waals surface area contributed by atoms with Gasteiger partial charge < -0.3 is 14.5 Å². The van der Waals surface area contributed by atoms with E-state index < -0.39 is 0 Å². The standard InChI is InChI=1S/C48H31BN2OS/c1-3-12-32(13-4-1)33-22-24-35(25-23-33)50(36-27-29-47-39(30-36)38-16-7-10-21-46(38)53-47)37-26-28-41-45(31-37)52-44-20-11-19-43-48(44)49(41)40-17-8-9-18-42(40)51(43)34-14-5-2-6-15-34/h1-31H. The Balaban J connectivity index is 1.07. The second-order valence-electron chi connectivity index (χ2n) is 13.7. The van der Waals surface area contributed by atoms with E-state index in [1.165, 1.54) is 53.4 Å². The summed E-state index contributed by atoms with van der Waals surface area (Å²) in [5, 5.41) is 2.56. The Kier molecular flexibility index (Phi) is 6.82. The first-order valence-corrected chi connectivity index (χ1v) is 18.9. The van der Waals surface area contributed by atoms with Crippen LogP contribution in [0.4, 0.5) is 34.1 Å². The lowest BCUT2D eigenvalue weighted by atomic mass is 9.34. The van der Waals surface area contributed by atoms with Crippen LogP contribution in [0.5, 0.6) is 11.5 Å². The molecule has 2 aliphatic heterocycles. The largest absolute Gasteiger partial charge is 0.458 e. The van der Waals surface area contributed by atoms with Crippen LogP contribution in [0.25, 0.3) is 31.3 Å². The van der Waals surface area contributed by atoms with Gasteiger partial charge in [-0.3, -0.25) is 0 Å². The highest BCUT2D eigenvalue weighted by Gasteiger charge is 2.41. The molecule has 3 heterocycles. The molecule has 0 atom stereocenters. The zero-order valence-electron chi connectivity index (χ0n) is 28.7. The Morgan fingerprint density at radius 3 is 1.98 bits per heavy atom. The minimum Gasteiger partial charge on any atom is -0.458 e. The van der Waals surface area contributed by atoms with Crippen molar-refractivity contribution >= 4 is 88.7 Å². The van der Waals surface area contributed by atoms with Gasteiger partial charge in [-0.05, 0) is 100 Å². The fraction of sp³-hybridized carbons (Fsp3) is 0. The van der Waals surface area contributed by atoms with E-state index in [0.717, 1.165) is 39.9 Å². The van der Waals surface area contributed by atoms with Gasteiger partial charge in [-0.25, -0.2) is 0 Å². The number of hydrogen-bond donors (Lipinski definition) is 0. The smallest absolute Gasteiger partial charge is 0.256 e. The van der Waals surface area contributed by atoms with Gasteiger partial charge in [0.1, 0.15) is 11.5 Å². The van der Waals surface area contributed by atoms with Gasteiger partial charge in [0, 0.05) is 60.4 Å². The van der Waals surface area contributed by atoms with E-state index in [1.807, 2.05) is 11.3 Å². The van der Waals surface area contributed by atoms with Crippen molar-refractivity contribution in [3.8, 4) is 22.6 Å². The van der Waals surface area contributed by atoms with Crippen LogP contribution in [0.15, 0.2) is 188 Å². The third-order valence-electron chi connectivity index (χ3n) is 10.7. The van der Waals surface area contributed by atoms with E-state index in [9.17, 15) is 0 Å². The van der Waals surface area contributed by atoms with Crippen LogP contribution in [-0.2, 0) is 0 Å². The van der Waals surface area contributed by atoms with Crippen LogP contribution < -0.4 is 30.9 Å². The van der Waals surface area contributed by atoms with Gasteiger partial charge in [0.25, 0.3) is 6.71 Å². The molecule has 53 heavy (non-hydrogen) atoms. The molecule has 0 unspecified atom stereocenters. The zero-order chi connectivity index (χ0) is 34.9. The van der Waals surface area contributed by atoms with Gasteiger partial charge in [0.2, 0.25) is 0 Å². The molecule has 0 saturated carbocycles. The monoisotopic (exact) mass is 694 g/mol. The summed E-state index contributed by atoms with van der Waals surface area (Å²) in [7, 11) is 0. The van der Waals surface area contributed by atoms with E-state index >= 15 is 0 Å². The normalized spacial score (nSPS) is 12.6. The summed E-state index contributed by atoms with van der Waals surface area (Å²) in [4.78, 5) is 4.74. The van der Waals surface area contributed by atoms with E-state index in [2.05, 4.69) is 198 Å². The molecule has 2 aliphatic rings. The topological polar surface area (TPSA) is 15.7 Å². The number of anilines is 6. The molecular formula is C48H31BN2OS. The molecule has 0 saturated heterocycles. The summed E-state index contributed by atoms with van der Waals surface area (Å²) in [6.07, 6.45) is 0. The third-order valence-corrected chi connectivity index (χ3v) is 11.9. The fourth-order valence-corrected chi connectivity index (χ4v) is 9.43. The molecule has 8 aromatic carbocycles. The first-order valence-electron chi connectivity index (χ1n) is 18.0. The van der Waals surface area contributed by atoms with Crippen molar-refractivity contribution in [2.45, 2.75) is 0 Å². The molecule has 11 rings (SSSR count). The van der Waals surface area contributed by atoms with Crippen LogP contribution in [0.3, 0.4) is 0 Å². The van der Waals surface area contributed by atoms with Crippen LogP contribution >= 0.6 is 11.3 Å². The maximum Gasteiger partial charge on any atom is 0.256 e. The minimum absolute atomic E-state index is 0.0438. The summed E-state index contributed by atoms with van der Waals surface area (Å²) >= 11 is 1.85. The molecule has 3 nitrogen and oxygen atoms in total. The van der Waals surface area contributed by atoms with Gasteiger partial charge in [0.05, 0.1) is 0 Å². The van der Waals surface area contributed by atoms with Gasteiger partial charge in [-0.1, -0.05) is 109 Å².